The van der Waals surface area contributed by atoms with Crippen molar-refractivity contribution in [3.63, 3.8) is 0 Å². The third-order valence-corrected chi connectivity index (χ3v) is 4.14. The van der Waals surface area contributed by atoms with Crippen LogP contribution in [-0.4, -0.2) is 28.6 Å². The Bertz CT molecular complexity index is 456. The Morgan fingerprint density at radius 3 is 2.53 bits per heavy atom. The summed E-state index contributed by atoms with van der Waals surface area (Å²) < 4.78 is 0. The molecule has 0 spiro atoms. The van der Waals surface area contributed by atoms with E-state index in [-0.39, 0.29) is 18.6 Å². The van der Waals surface area contributed by atoms with Crippen LogP contribution < -0.4 is 0 Å². The molecule has 104 valence electrons. The summed E-state index contributed by atoms with van der Waals surface area (Å²) in [5.41, 5.74) is 2.70. The molecule has 0 fully saturated rings. The van der Waals surface area contributed by atoms with Gasteiger partial charge in [-0.15, -0.1) is 0 Å². The predicted molar refractivity (Wildman–Crippen MR) is 76.3 cm³/mol. The molecule has 0 radical (unpaired) electrons. The summed E-state index contributed by atoms with van der Waals surface area (Å²) in [6.45, 7) is 6.52. The highest BCUT2D eigenvalue weighted by Crippen LogP contribution is 2.40. The van der Waals surface area contributed by atoms with E-state index in [9.17, 15) is 4.79 Å². The van der Waals surface area contributed by atoms with Gasteiger partial charge < -0.3 is 5.11 Å². The molecule has 19 heavy (non-hydrogen) atoms. The highest BCUT2D eigenvalue weighted by atomic mass is 16.4. The molecule has 3 nitrogen and oxygen atoms in total. The summed E-state index contributed by atoms with van der Waals surface area (Å²) in [5, 5.41) is 9.12. The van der Waals surface area contributed by atoms with E-state index in [0.29, 0.717) is 5.92 Å². The zero-order valence-electron chi connectivity index (χ0n) is 12.0. The number of hydrogen-bond donors (Lipinski definition) is 1. The van der Waals surface area contributed by atoms with Gasteiger partial charge in [0.1, 0.15) is 0 Å². The topological polar surface area (TPSA) is 40.5 Å². The summed E-state index contributed by atoms with van der Waals surface area (Å²) in [6.07, 6.45) is 2.17. The van der Waals surface area contributed by atoms with Crippen molar-refractivity contribution in [2.45, 2.75) is 51.6 Å². The molecule has 2 rings (SSSR count). The van der Waals surface area contributed by atoms with Gasteiger partial charge in [0.25, 0.3) is 0 Å². The van der Waals surface area contributed by atoms with Crippen LogP contribution in [-0.2, 0) is 4.79 Å². The molecule has 0 aromatic heterocycles. The minimum Gasteiger partial charge on any atom is -0.480 e. The van der Waals surface area contributed by atoms with E-state index < -0.39 is 5.97 Å². The fraction of sp³-hybridized carbons (Fsp3) is 0.562. The largest absolute Gasteiger partial charge is 0.480 e. The lowest BCUT2D eigenvalue weighted by atomic mass is 9.80. The van der Waals surface area contributed by atoms with Crippen LogP contribution in [0, 0.1) is 0 Å². The predicted octanol–water partition coefficient (Wildman–Crippen LogP) is 3.42. The monoisotopic (exact) mass is 261 g/mol. The van der Waals surface area contributed by atoms with E-state index in [0.717, 1.165) is 12.8 Å². The zero-order valence-corrected chi connectivity index (χ0v) is 12.0. The molecular weight excluding hydrogens is 238 g/mol. The third-order valence-electron chi connectivity index (χ3n) is 4.14. The van der Waals surface area contributed by atoms with Crippen LogP contribution in [0.3, 0.4) is 0 Å². The molecule has 1 N–H and O–H groups in total. The lowest BCUT2D eigenvalue weighted by Gasteiger charge is -2.39. The fourth-order valence-corrected chi connectivity index (χ4v) is 3.14. The number of benzene rings is 1. The Kier molecular flexibility index (Phi) is 4.25. The first-order chi connectivity index (χ1) is 9.00. The number of carboxylic acids is 1. The van der Waals surface area contributed by atoms with Crippen LogP contribution in [0.4, 0.5) is 0 Å². The molecule has 0 saturated heterocycles. The van der Waals surface area contributed by atoms with Gasteiger partial charge in [-0.2, -0.15) is 0 Å². The second-order valence-electron chi connectivity index (χ2n) is 5.78. The number of nitrogens with zero attached hydrogens (tertiary/aromatic N) is 1. The van der Waals surface area contributed by atoms with Crippen molar-refractivity contribution in [3.05, 3.63) is 35.4 Å². The Balaban J connectivity index is 2.34. The molecule has 0 bridgehead atoms. The van der Waals surface area contributed by atoms with Crippen molar-refractivity contribution in [1.82, 2.24) is 4.90 Å². The number of hydrogen-bond acceptors (Lipinski definition) is 2. The zero-order chi connectivity index (χ0) is 14.0. The van der Waals surface area contributed by atoms with Gasteiger partial charge in [-0.05, 0) is 43.7 Å². The first-order valence-electron chi connectivity index (χ1n) is 7.07. The van der Waals surface area contributed by atoms with Crippen molar-refractivity contribution in [2.24, 2.45) is 0 Å². The SMILES string of the molecule is CC1CCC(N(CC(=O)O)C(C)C)c2ccccc21. The first-order valence-corrected chi connectivity index (χ1v) is 7.07. The Morgan fingerprint density at radius 1 is 1.32 bits per heavy atom. The van der Waals surface area contributed by atoms with Gasteiger partial charge in [-0.1, -0.05) is 31.2 Å². The van der Waals surface area contributed by atoms with Crippen LogP contribution in [0.5, 0.6) is 0 Å². The van der Waals surface area contributed by atoms with Crippen molar-refractivity contribution in [2.75, 3.05) is 6.54 Å². The summed E-state index contributed by atoms with van der Waals surface area (Å²) in [7, 11) is 0. The normalized spacial score (nSPS) is 22.6. The minimum atomic E-state index is -0.746. The maximum Gasteiger partial charge on any atom is 0.317 e. The number of carbonyl (C=O) groups is 1. The average molecular weight is 261 g/mol. The molecule has 0 saturated carbocycles. The molecule has 0 amide bonds. The van der Waals surface area contributed by atoms with Crippen molar-refractivity contribution < 1.29 is 9.90 Å². The molecule has 1 aliphatic rings. The Morgan fingerprint density at radius 2 is 1.95 bits per heavy atom. The van der Waals surface area contributed by atoms with Gasteiger partial charge in [-0.3, -0.25) is 9.69 Å². The van der Waals surface area contributed by atoms with Crippen LogP contribution in [0.2, 0.25) is 0 Å². The van der Waals surface area contributed by atoms with Gasteiger partial charge in [0, 0.05) is 12.1 Å². The second-order valence-corrected chi connectivity index (χ2v) is 5.78. The van der Waals surface area contributed by atoms with Crippen molar-refractivity contribution in [1.29, 1.82) is 0 Å². The van der Waals surface area contributed by atoms with Crippen LogP contribution in [0.25, 0.3) is 0 Å². The van der Waals surface area contributed by atoms with Crippen LogP contribution >= 0.6 is 0 Å². The highest BCUT2D eigenvalue weighted by molar-refractivity contribution is 5.69. The molecule has 3 heteroatoms. The number of carboxylic acid groups (broad SMARTS) is 1. The van der Waals surface area contributed by atoms with E-state index in [1.165, 1.54) is 11.1 Å². The highest BCUT2D eigenvalue weighted by Gasteiger charge is 2.31. The molecular formula is C16H23NO2. The standard InChI is InChI=1S/C16H23NO2/c1-11(2)17(10-16(18)19)15-9-8-12(3)13-6-4-5-7-14(13)15/h4-7,11-12,15H,8-10H2,1-3H3,(H,18,19). The van der Waals surface area contributed by atoms with E-state index in [2.05, 4.69) is 49.9 Å². The van der Waals surface area contributed by atoms with Gasteiger partial charge in [0.2, 0.25) is 0 Å². The van der Waals surface area contributed by atoms with Crippen molar-refractivity contribution in [3.8, 4) is 0 Å². The molecule has 2 atom stereocenters. The quantitative estimate of drug-likeness (QED) is 0.902. The second kappa shape index (κ2) is 5.74. The molecule has 1 aromatic carbocycles. The molecule has 0 aliphatic heterocycles. The summed E-state index contributed by atoms with van der Waals surface area (Å²) in [6, 6.07) is 8.96. The van der Waals surface area contributed by atoms with Gasteiger partial charge >= 0.3 is 5.97 Å². The third kappa shape index (κ3) is 2.98. The maximum atomic E-state index is 11.1. The van der Waals surface area contributed by atoms with E-state index in [1.54, 1.807) is 0 Å². The molecule has 1 aliphatic carbocycles. The van der Waals surface area contributed by atoms with Crippen molar-refractivity contribution >= 4 is 5.97 Å². The maximum absolute atomic E-state index is 11.1. The minimum absolute atomic E-state index is 0.116. The lowest BCUT2D eigenvalue weighted by Crippen LogP contribution is -2.40. The van der Waals surface area contributed by atoms with Gasteiger partial charge in [0.05, 0.1) is 6.54 Å². The smallest absolute Gasteiger partial charge is 0.317 e. The van der Waals surface area contributed by atoms with E-state index in [1.807, 2.05) is 0 Å². The average Bonchev–Trinajstić information content (AvgIpc) is 2.37. The van der Waals surface area contributed by atoms with Gasteiger partial charge in [-0.25, -0.2) is 0 Å². The number of rotatable bonds is 4. The summed E-state index contributed by atoms with van der Waals surface area (Å²) >= 11 is 0. The Labute approximate surface area is 115 Å². The number of aliphatic carboxylic acids is 1. The fourth-order valence-electron chi connectivity index (χ4n) is 3.14. The van der Waals surface area contributed by atoms with Gasteiger partial charge in [0.15, 0.2) is 0 Å². The van der Waals surface area contributed by atoms with Crippen LogP contribution in [0.1, 0.15) is 56.7 Å². The van der Waals surface area contributed by atoms with E-state index >= 15 is 0 Å². The molecule has 1 aromatic rings. The van der Waals surface area contributed by atoms with E-state index in [4.69, 9.17) is 5.11 Å². The van der Waals surface area contributed by atoms with Crippen LogP contribution in [0.15, 0.2) is 24.3 Å². The molecule has 2 unspecified atom stereocenters. The Hall–Kier alpha value is -1.35. The number of fused-ring (bicyclic) bond motifs is 1. The lowest BCUT2D eigenvalue weighted by molar-refractivity contribution is -0.139. The summed E-state index contributed by atoms with van der Waals surface area (Å²) in [4.78, 5) is 13.2. The first kappa shape index (κ1) is 14.1. The molecule has 0 heterocycles. The summed E-state index contributed by atoms with van der Waals surface area (Å²) in [5.74, 6) is -0.170.